The predicted octanol–water partition coefficient (Wildman–Crippen LogP) is 1.79. The zero-order valence-corrected chi connectivity index (χ0v) is 12.3. The van der Waals surface area contributed by atoms with Crippen LogP contribution >= 0.6 is 0 Å². The molecule has 1 saturated heterocycles. The second-order valence-electron chi connectivity index (χ2n) is 5.02. The molecule has 2 rings (SSSR count). The summed E-state index contributed by atoms with van der Waals surface area (Å²) in [5, 5.41) is 3.43. The van der Waals surface area contributed by atoms with E-state index in [9.17, 15) is 0 Å². The third-order valence-electron chi connectivity index (χ3n) is 3.63. The van der Waals surface area contributed by atoms with Gasteiger partial charge in [0.2, 0.25) is 5.88 Å². The Morgan fingerprint density at radius 2 is 2.30 bits per heavy atom. The van der Waals surface area contributed by atoms with Crippen LogP contribution < -0.4 is 10.1 Å². The van der Waals surface area contributed by atoms with Crippen LogP contribution in [0, 0.1) is 5.92 Å². The molecule has 1 aliphatic rings. The quantitative estimate of drug-likeness (QED) is 0.772. The molecule has 1 N–H and O–H groups in total. The van der Waals surface area contributed by atoms with Gasteiger partial charge in [0, 0.05) is 45.0 Å². The Balaban J connectivity index is 1.94. The minimum Gasteiger partial charge on any atom is -0.481 e. The third kappa shape index (κ3) is 4.16. The summed E-state index contributed by atoms with van der Waals surface area (Å²) in [7, 11) is 3.35. The second-order valence-corrected chi connectivity index (χ2v) is 5.02. The minimum atomic E-state index is 0.122. The first-order chi connectivity index (χ1) is 9.85. The Kier molecular flexibility index (Phi) is 6.24. The summed E-state index contributed by atoms with van der Waals surface area (Å²) in [6.07, 6.45) is 4.28. The topological polar surface area (TPSA) is 52.6 Å². The lowest BCUT2D eigenvalue weighted by molar-refractivity contribution is -0.0282. The molecule has 0 radical (unpaired) electrons. The molecular weight excluding hydrogens is 256 g/mol. The van der Waals surface area contributed by atoms with Gasteiger partial charge in [-0.15, -0.1) is 0 Å². The molecule has 1 aromatic heterocycles. The monoisotopic (exact) mass is 280 g/mol. The standard InChI is InChI=1S/C15H24N2O3/c1-18-9-7-16-10-12-4-3-8-20-15(12)13-5-6-14(19-2)17-11-13/h5-6,11-12,15-16H,3-4,7-10H2,1-2H3. The Morgan fingerprint density at radius 3 is 3.00 bits per heavy atom. The van der Waals surface area contributed by atoms with Gasteiger partial charge in [-0.1, -0.05) is 0 Å². The fraction of sp³-hybridized carbons (Fsp3) is 0.667. The average molecular weight is 280 g/mol. The maximum atomic E-state index is 5.96. The molecule has 0 bridgehead atoms. The van der Waals surface area contributed by atoms with Crippen molar-refractivity contribution in [2.45, 2.75) is 18.9 Å². The maximum absolute atomic E-state index is 5.96. The number of hydrogen-bond acceptors (Lipinski definition) is 5. The Morgan fingerprint density at radius 1 is 1.40 bits per heavy atom. The summed E-state index contributed by atoms with van der Waals surface area (Å²) in [6.45, 7) is 3.38. The van der Waals surface area contributed by atoms with Crippen LogP contribution in [0.2, 0.25) is 0 Å². The van der Waals surface area contributed by atoms with Crippen molar-refractivity contribution in [2.75, 3.05) is 40.5 Å². The zero-order valence-electron chi connectivity index (χ0n) is 12.3. The highest BCUT2D eigenvalue weighted by Gasteiger charge is 2.27. The normalized spacial score (nSPS) is 22.7. The molecule has 2 unspecified atom stereocenters. The summed E-state index contributed by atoms with van der Waals surface area (Å²) in [4.78, 5) is 4.27. The summed E-state index contributed by atoms with van der Waals surface area (Å²) < 4.78 is 16.1. The van der Waals surface area contributed by atoms with Crippen LogP contribution in [0.25, 0.3) is 0 Å². The summed E-state index contributed by atoms with van der Waals surface area (Å²) in [6, 6.07) is 3.94. The molecule has 0 aliphatic carbocycles. The van der Waals surface area contributed by atoms with Crippen LogP contribution in [0.15, 0.2) is 18.3 Å². The highest BCUT2D eigenvalue weighted by Crippen LogP contribution is 2.33. The zero-order chi connectivity index (χ0) is 14.2. The van der Waals surface area contributed by atoms with Gasteiger partial charge >= 0.3 is 0 Å². The SMILES string of the molecule is COCCNCC1CCCOC1c1ccc(OC)nc1. The van der Waals surface area contributed by atoms with Crippen molar-refractivity contribution in [3.8, 4) is 5.88 Å². The number of hydrogen-bond donors (Lipinski definition) is 1. The van der Waals surface area contributed by atoms with Crippen molar-refractivity contribution in [3.05, 3.63) is 23.9 Å². The first-order valence-electron chi connectivity index (χ1n) is 7.16. The number of methoxy groups -OCH3 is 2. The summed E-state index contributed by atoms with van der Waals surface area (Å²) in [5.74, 6) is 1.12. The maximum Gasteiger partial charge on any atom is 0.212 e. The highest BCUT2D eigenvalue weighted by molar-refractivity contribution is 5.20. The molecule has 1 aliphatic heterocycles. The summed E-state index contributed by atoms with van der Waals surface area (Å²) >= 11 is 0. The molecule has 2 atom stereocenters. The molecule has 112 valence electrons. The molecule has 2 heterocycles. The molecule has 5 heteroatoms. The van der Waals surface area contributed by atoms with E-state index in [0.717, 1.165) is 38.3 Å². The van der Waals surface area contributed by atoms with Gasteiger partial charge in [-0.2, -0.15) is 0 Å². The van der Waals surface area contributed by atoms with Gasteiger partial charge in [0.05, 0.1) is 19.8 Å². The molecule has 0 saturated carbocycles. The first-order valence-corrected chi connectivity index (χ1v) is 7.16. The molecule has 5 nitrogen and oxygen atoms in total. The van der Waals surface area contributed by atoms with Crippen LogP contribution in [-0.4, -0.2) is 45.5 Å². The third-order valence-corrected chi connectivity index (χ3v) is 3.63. The van der Waals surface area contributed by atoms with Gasteiger partial charge in [-0.05, 0) is 24.5 Å². The number of nitrogens with zero attached hydrogens (tertiary/aromatic N) is 1. The smallest absolute Gasteiger partial charge is 0.212 e. The van der Waals surface area contributed by atoms with Crippen molar-refractivity contribution in [3.63, 3.8) is 0 Å². The highest BCUT2D eigenvalue weighted by atomic mass is 16.5. The average Bonchev–Trinajstić information content (AvgIpc) is 2.52. The van der Waals surface area contributed by atoms with E-state index in [4.69, 9.17) is 14.2 Å². The van der Waals surface area contributed by atoms with E-state index in [1.165, 1.54) is 6.42 Å². The molecule has 0 amide bonds. The molecule has 20 heavy (non-hydrogen) atoms. The number of pyridine rings is 1. The van der Waals surface area contributed by atoms with Crippen LogP contribution in [0.5, 0.6) is 5.88 Å². The van der Waals surface area contributed by atoms with Crippen molar-refractivity contribution >= 4 is 0 Å². The van der Waals surface area contributed by atoms with E-state index in [2.05, 4.69) is 10.3 Å². The van der Waals surface area contributed by atoms with Crippen molar-refractivity contribution in [1.82, 2.24) is 10.3 Å². The van der Waals surface area contributed by atoms with Gasteiger partial charge in [0.25, 0.3) is 0 Å². The second kappa shape index (κ2) is 8.19. The number of rotatable bonds is 7. The van der Waals surface area contributed by atoms with Gasteiger partial charge in [0.15, 0.2) is 0 Å². The molecular formula is C15H24N2O3. The molecule has 0 spiro atoms. The van der Waals surface area contributed by atoms with Crippen LogP contribution in [0.4, 0.5) is 0 Å². The predicted molar refractivity (Wildman–Crippen MR) is 77.0 cm³/mol. The lowest BCUT2D eigenvalue weighted by atomic mass is 9.90. The minimum absolute atomic E-state index is 0.122. The fourth-order valence-electron chi connectivity index (χ4n) is 2.56. The lowest BCUT2D eigenvalue weighted by Gasteiger charge is -2.32. The lowest BCUT2D eigenvalue weighted by Crippen LogP contribution is -2.33. The summed E-state index contributed by atoms with van der Waals surface area (Å²) in [5.41, 5.74) is 1.13. The molecule has 1 aromatic rings. The molecule has 1 fully saturated rings. The van der Waals surface area contributed by atoms with E-state index in [0.29, 0.717) is 11.8 Å². The number of ether oxygens (including phenoxy) is 3. The van der Waals surface area contributed by atoms with Crippen LogP contribution in [-0.2, 0) is 9.47 Å². The Bertz CT molecular complexity index is 383. The van der Waals surface area contributed by atoms with Crippen molar-refractivity contribution in [2.24, 2.45) is 5.92 Å². The number of aromatic nitrogens is 1. The van der Waals surface area contributed by atoms with Crippen LogP contribution in [0.3, 0.4) is 0 Å². The van der Waals surface area contributed by atoms with E-state index < -0.39 is 0 Å². The number of nitrogens with one attached hydrogen (secondary N) is 1. The van der Waals surface area contributed by atoms with Crippen molar-refractivity contribution < 1.29 is 14.2 Å². The van der Waals surface area contributed by atoms with E-state index in [-0.39, 0.29) is 6.10 Å². The largest absolute Gasteiger partial charge is 0.481 e. The van der Waals surface area contributed by atoms with Gasteiger partial charge < -0.3 is 19.5 Å². The Hall–Kier alpha value is -1.17. The van der Waals surface area contributed by atoms with Gasteiger partial charge in [-0.25, -0.2) is 4.98 Å². The van der Waals surface area contributed by atoms with Crippen LogP contribution in [0.1, 0.15) is 24.5 Å². The fourth-order valence-corrected chi connectivity index (χ4v) is 2.56. The van der Waals surface area contributed by atoms with E-state index in [1.54, 1.807) is 14.2 Å². The van der Waals surface area contributed by atoms with E-state index in [1.807, 2.05) is 18.3 Å². The van der Waals surface area contributed by atoms with Gasteiger partial charge in [-0.3, -0.25) is 0 Å². The van der Waals surface area contributed by atoms with Gasteiger partial charge in [0.1, 0.15) is 0 Å². The molecule has 0 aromatic carbocycles. The van der Waals surface area contributed by atoms with E-state index >= 15 is 0 Å². The Labute approximate surface area is 120 Å². The van der Waals surface area contributed by atoms with Crippen molar-refractivity contribution in [1.29, 1.82) is 0 Å². The first kappa shape index (κ1) is 15.2.